The maximum Gasteiger partial charge on any atom is 0.0995 e. The normalized spacial score (nSPS) is 24.0. The van der Waals surface area contributed by atoms with Gasteiger partial charge >= 0.3 is 0 Å². The molecule has 4 nitrogen and oxygen atoms in total. The Hall–Kier alpha value is -1.41. The predicted molar refractivity (Wildman–Crippen MR) is 81.8 cm³/mol. The quantitative estimate of drug-likeness (QED) is 0.844. The third kappa shape index (κ3) is 3.82. The van der Waals surface area contributed by atoms with Crippen molar-refractivity contribution >= 4 is 0 Å². The van der Waals surface area contributed by atoms with Gasteiger partial charge in [-0.15, -0.1) is 0 Å². The number of nitriles is 1. The molecule has 112 valence electrons. The van der Waals surface area contributed by atoms with Crippen molar-refractivity contribution in [2.75, 3.05) is 45.9 Å². The average Bonchev–Trinajstić information content (AvgIpc) is 2.96. The number of hydrogen-bond acceptors (Lipinski definition) is 4. The van der Waals surface area contributed by atoms with E-state index in [9.17, 15) is 5.26 Å². The van der Waals surface area contributed by atoms with Crippen LogP contribution in [-0.2, 0) is 11.3 Å². The van der Waals surface area contributed by atoms with Gasteiger partial charge in [0.15, 0.2) is 0 Å². The van der Waals surface area contributed by atoms with Crippen LogP contribution < -0.4 is 0 Å². The van der Waals surface area contributed by atoms with Gasteiger partial charge in [0.05, 0.1) is 24.8 Å². The highest BCUT2D eigenvalue weighted by Gasteiger charge is 2.25. The van der Waals surface area contributed by atoms with Gasteiger partial charge in [0.2, 0.25) is 0 Å². The molecule has 2 aliphatic heterocycles. The van der Waals surface area contributed by atoms with Crippen molar-refractivity contribution in [1.29, 1.82) is 5.26 Å². The van der Waals surface area contributed by atoms with Gasteiger partial charge in [-0.25, -0.2) is 0 Å². The first-order valence-corrected chi connectivity index (χ1v) is 7.85. The zero-order valence-corrected chi connectivity index (χ0v) is 12.5. The first-order chi connectivity index (χ1) is 10.3. The largest absolute Gasteiger partial charge is 0.379 e. The highest BCUT2D eigenvalue weighted by atomic mass is 16.5. The van der Waals surface area contributed by atoms with Crippen LogP contribution in [-0.4, -0.2) is 55.7 Å². The Bertz CT molecular complexity index is 505. The first kappa shape index (κ1) is 14.5. The Balaban J connectivity index is 1.51. The number of morpholine rings is 1. The topological polar surface area (TPSA) is 39.5 Å². The van der Waals surface area contributed by atoms with Gasteiger partial charge in [-0.3, -0.25) is 9.80 Å². The molecule has 0 N–H and O–H groups in total. The summed E-state index contributed by atoms with van der Waals surface area (Å²) in [7, 11) is 0. The van der Waals surface area contributed by atoms with Crippen molar-refractivity contribution in [2.24, 2.45) is 5.92 Å². The Labute approximate surface area is 126 Å². The van der Waals surface area contributed by atoms with Gasteiger partial charge in [0, 0.05) is 32.7 Å². The molecule has 3 rings (SSSR count). The zero-order valence-electron chi connectivity index (χ0n) is 12.5. The average molecular weight is 285 g/mol. The molecule has 21 heavy (non-hydrogen) atoms. The summed E-state index contributed by atoms with van der Waals surface area (Å²) in [6, 6.07) is 10.3. The Morgan fingerprint density at radius 3 is 2.76 bits per heavy atom. The molecular formula is C17H23N3O. The van der Waals surface area contributed by atoms with E-state index in [-0.39, 0.29) is 0 Å². The predicted octanol–water partition coefficient (Wildman–Crippen LogP) is 1.71. The standard InChI is InChI=1S/C17H23N3O/c18-11-16-3-1-2-4-17(16)14-20-6-5-15(13-20)12-19-7-9-21-10-8-19/h1-4,15H,5-10,12-14H2/t15-/m0/s1. The highest BCUT2D eigenvalue weighted by molar-refractivity contribution is 5.37. The molecule has 1 aromatic rings. The molecule has 0 saturated carbocycles. The number of ether oxygens (including phenoxy) is 1. The number of likely N-dealkylation sites (tertiary alicyclic amines) is 1. The number of nitrogens with zero attached hydrogens (tertiary/aromatic N) is 3. The van der Waals surface area contributed by atoms with Crippen molar-refractivity contribution < 1.29 is 4.74 Å². The summed E-state index contributed by atoms with van der Waals surface area (Å²) >= 11 is 0. The molecule has 0 amide bonds. The molecule has 2 saturated heterocycles. The van der Waals surface area contributed by atoms with Crippen molar-refractivity contribution in [3.63, 3.8) is 0 Å². The van der Waals surface area contributed by atoms with Crippen LogP contribution in [0.15, 0.2) is 24.3 Å². The van der Waals surface area contributed by atoms with E-state index in [0.717, 1.165) is 63.0 Å². The maximum atomic E-state index is 9.17. The monoisotopic (exact) mass is 285 g/mol. The molecule has 2 fully saturated rings. The minimum absolute atomic E-state index is 0.761. The van der Waals surface area contributed by atoms with Crippen LogP contribution in [0, 0.1) is 17.2 Å². The summed E-state index contributed by atoms with van der Waals surface area (Å²) in [5.74, 6) is 0.761. The molecule has 0 bridgehead atoms. The van der Waals surface area contributed by atoms with Crippen LogP contribution in [0.4, 0.5) is 0 Å². The fourth-order valence-corrected chi connectivity index (χ4v) is 3.36. The second-order valence-corrected chi connectivity index (χ2v) is 6.07. The molecule has 1 aromatic carbocycles. The molecule has 0 radical (unpaired) electrons. The van der Waals surface area contributed by atoms with Gasteiger partial charge in [-0.05, 0) is 30.5 Å². The minimum atomic E-state index is 0.761. The minimum Gasteiger partial charge on any atom is -0.379 e. The van der Waals surface area contributed by atoms with Crippen molar-refractivity contribution in [2.45, 2.75) is 13.0 Å². The summed E-state index contributed by atoms with van der Waals surface area (Å²) in [6.45, 7) is 8.31. The highest BCUT2D eigenvalue weighted by Crippen LogP contribution is 2.21. The third-order valence-corrected chi connectivity index (χ3v) is 4.52. The summed E-state index contributed by atoms with van der Waals surface area (Å²) in [6.07, 6.45) is 1.27. The summed E-state index contributed by atoms with van der Waals surface area (Å²) < 4.78 is 5.41. The fourth-order valence-electron chi connectivity index (χ4n) is 3.36. The lowest BCUT2D eigenvalue weighted by molar-refractivity contribution is 0.0311. The fraction of sp³-hybridized carbons (Fsp3) is 0.588. The van der Waals surface area contributed by atoms with E-state index in [2.05, 4.69) is 21.9 Å². The van der Waals surface area contributed by atoms with E-state index in [4.69, 9.17) is 4.74 Å². The van der Waals surface area contributed by atoms with Crippen molar-refractivity contribution in [3.8, 4) is 6.07 Å². The Morgan fingerprint density at radius 2 is 1.95 bits per heavy atom. The number of benzene rings is 1. The molecule has 0 unspecified atom stereocenters. The van der Waals surface area contributed by atoms with Gasteiger partial charge in [-0.1, -0.05) is 18.2 Å². The molecular weight excluding hydrogens is 262 g/mol. The summed E-state index contributed by atoms with van der Waals surface area (Å²) in [4.78, 5) is 5.02. The van der Waals surface area contributed by atoms with Crippen LogP contribution in [0.5, 0.6) is 0 Å². The van der Waals surface area contributed by atoms with Crippen LogP contribution in [0.25, 0.3) is 0 Å². The Kier molecular flexibility index (Phi) is 4.87. The lowest BCUT2D eigenvalue weighted by atomic mass is 10.1. The summed E-state index contributed by atoms with van der Waals surface area (Å²) in [5.41, 5.74) is 1.97. The maximum absolute atomic E-state index is 9.17. The van der Waals surface area contributed by atoms with E-state index in [1.54, 1.807) is 0 Å². The van der Waals surface area contributed by atoms with Gasteiger partial charge in [-0.2, -0.15) is 5.26 Å². The molecule has 0 aromatic heterocycles. The molecule has 2 heterocycles. The van der Waals surface area contributed by atoms with E-state index < -0.39 is 0 Å². The van der Waals surface area contributed by atoms with E-state index in [0.29, 0.717) is 0 Å². The molecule has 2 aliphatic rings. The van der Waals surface area contributed by atoms with E-state index >= 15 is 0 Å². The van der Waals surface area contributed by atoms with Crippen LogP contribution in [0.1, 0.15) is 17.5 Å². The molecule has 4 heteroatoms. The Morgan fingerprint density at radius 1 is 1.14 bits per heavy atom. The number of hydrogen-bond donors (Lipinski definition) is 0. The lowest BCUT2D eigenvalue weighted by Crippen LogP contribution is -2.39. The van der Waals surface area contributed by atoms with Crippen molar-refractivity contribution in [1.82, 2.24) is 9.80 Å². The van der Waals surface area contributed by atoms with Gasteiger partial charge in [0.25, 0.3) is 0 Å². The molecule has 1 atom stereocenters. The second kappa shape index (κ2) is 7.04. The van der Waals surface area contributed by atoms with Crippen LogP contribution in [0.3, 0.4) is 0 Å². The van der Waals surface area contributed by atoms with Crippen LogP contribution >= 0.6 is 0 Å². The van der Waals surface area contributed by atoms with E-state index in [1.807, 2.05) is 18.2 Å². The SMILES string of the molecule is N#Cc1ccccc1CN1CC[C@@H](CN2CCOCC2)C1. The van der Waals surface area contributed by atoms with Crippen molar-refractivity contribution in [3.05, 3.63) is 35.4 Å². The molecule has 0 spiro atoms. The summed E-state index contributed by atoms with van der Waals surface area (Å²) in [5, 5.41) is 9.17. The zero-order chi connectivity index (χ0) is 14.5. The van der Waals surface area contributed by atoms with E-state index in [1.165, 1.54) is 13.0 Å². The smallest absolute Gasteiger partial charge is 0.0995 e. The second-order valence-electron chi connectivity index (χ2n) is 6.07. The van der Waals surface area contributed by atoms with Gasteiger partial charge < -0.3 is 4.74 Å². The first-order valence-electron chi connectivity index (χ1n) is 7.85. The number of rotatable bonds is 4. The lowest BCUT2D eigenvalue weighted by Gasteiger charge is -2.29. The third-order valence-electron chi connectivity index (χ3n) is 4.52. The molecule has 0 aliphatic carbocycles. The van der Waals surface area contributed by atoms with Crippen LogP contribution in [0.2, 0.25) is 0 Å². The van der Waals surface area contributed by atoms with Gasteiger partial charge in [0.1, 0.15) is 0 Å².